The van der Waals surface area contributed by atoms with Crippen LogP contribution < -0.4 is 16.0 Å². The van der Waals surface area contributed by atoms with E-state index in [4.69, 9.17) is 10.5 Å². The molecule has 1 unspecified atom stereocenters. The minimum absolute atomic E-state index is 0.322. The summed E-state index contributed by atoms with van der Waals surface area (Å²) in [6, 6.07) is 5.24. The normalized spacial score (nSPS) is 19.6. The van der Waals surface area contributed by atoms with Gasteiger partial charge >= 0.3 is 0 Å². The van der Waals surface area contributed by atoms with Gasteiger partial charge in [-0.1, -0.05) is 6.07 Å². The van der Waals surface area contributed by atoms with Crippen LogP contribution in [0.2, 0.25) is 0 Å². The molecule has 1 saturated heterocycles. The highest BCUT2D eigenvalue weighted by molar-refractivity contribution is 5.83. The highest BCUT2D eigenvalue weighted by Crippen LogP contribution is 2.19. The molecule has 0 radical (unpaired) electrons. The van der Waals surface area contributed by atoms with Crippen molar-refractivity contribution in [2.75, 3.05) is 36.5 Å². The predicted octanol–water partition coefficient (Wildman–Crippen LogP) is 0.204. The summed E-state index contributed by atoms with van der Waals surface area (Å²) in [6.45, 7) is 4.34. The molecule has 1 amide bonds. The van der Waals surface area contributed by atoms with Gasteiger partial charge in [-0.2, -0.15) is 0 Å². The molecule has 6 heteroatoms. The molecular formula is C12H18N4O2. The Balaban J connectivity index is 2.22. The molecule has 98 valence electrons. The molecular weight excluding hydrogens is 232 g/mol. The van der Waals surface area contributed by atoms with Crippen molar-refractivity contribution in [3.8, 4) is 0 Å². The molecule has 1 aromatic rings. The van der Waals surface area contributed by atoms with Gasteiger partial charge in [0.05, 0.1) is 13.2 Å². The Morgan fingerprint density at radius 3 is 3.22 bits per heavy atom. The van der Waals surface area contributed by atoms with E-state index in [1.54, 1.807) is 0 Å². The van der Waals surface area contributed by atoms with Crippen LogP contribution >= 0.6 is 0 Å². The molecule has 0 spiro atoms. The first-order valence-electron chi connectivity index (χ1n) is 6.07. The van der Waals surface area contributed by atoms with Crippen molar-refractivity contribution in [2.45, 2.75) is 13.0 Å². The van der Waals surface area contributed by atoms with Crippen molar-refractivity contribution in [2.24, 2.45) is 5.73 Å². The van der Waals surface area contributed by atoms with E-state index >= 15 is 0 Å². The Hall–Kier alpha value is -1.82. The van der Waals surface area contributed by atoms with Crippen LogP contribution in [0.4, 0.5) is 11.6 Å². The van der Waals surface area contributed by atoms with Gasteiger partial charge in [0.15, 0.2) is 0 Å². The van der Waals surface area contributed by atoms with Crippen LogP contribution in [0.5, 0.6) is 0 Å². The number of amides is 1. The number of nitrogens with two attached hydrogens (primary N) is 1. The summed E-state index contributed by atoms with van der Waals surface area (Å²) in [4.78, 5) is 17.8. The minimum atomic E-state index is -0.442. The van der Waals surface area contributed by atoms with E-state index in [1.165, 1.54) is 0 Å². The number of hydrogen-bond donors (Lipinski definition) is 2. The van der Waals surface area contributed by atoms with Crippen molar-refractivity contribution in [3.05, 3.63) is 18.2 Å². The number of carbonyl (C=O) groups excluding carboxylic acids is 1. The standard InChI is InChI=1S/C12H18N4O2/c1-2-14-10-4-3-5-11(15-10)16-6-7-18-8-9(16)12(13)17/h3-5,9H,2,6-8H2,1H3,(H2,13,17)(H,14,15). The van der Waals surface area contributed by atoms with Gasteiger partial charge < -0.3 is 20.7 Å². The largest absolute Gasteiger partial charge is 0.377 e. The number of hydrogen-bond acceptors (Lipinski definition) is 5. The third-order valence-electron chi connectivity index (χ3n) is 2.84. The first-order chi connectivity index (χ1) is 8.72. The van der Waals surface area contributed by atoms with Crippen molar-refractivity contribution < 1.29 is 9.53 Å². The van der Waals surface area contributed by atoms with Gasteiger partial charge in [0.1, 0.15) is 17.7 Å². The summed E-state index contributed by atoms with van der Waals surface area (Å²) in [6.07, 6.45) is 0. The number of aromatic nitrogens is 1. The van der Waals surface area contributed by atoms with E-state index in [1.807, 2.05) is 30.0 Å². The maximum Gasteiger partial charge on any atom is 0.242 e. The maximum atomic E-state index is 11.4. The van der Waals surface area contributed by atoms with Crippen LogP contribution in [0, 0.1) is 0 Å². The number of morpholine rings is 1. The Morgan fingerprint density at radius 1 is 1.67 bits per heavy atom. The molecule has 0 aliphatic carbocycles. The summed E-state index contributed by atoms with van der Waals surface area (Å²) in [5.74, 6) is 1.16. The number of ether oxygens (including phenoxy) is 1. The van der Waals surface area contributed by atoms with E-state index in [9.17, 15) is 4.79 Å². The molecule has 0 saturated carbocycles. The average Bonchev–Trinajstić information content (AvgIpc) is 2.39. The fraction of sp³-hybridized carbons (Fsp3) is 0.500. The van der Waals surface area contributed by atoms with Crippen molar-refractivity contribution in [1.82, 2.24) is 4.98 Å². The van der Waals surface area contributed by atoms with E-state index < -0.39 is 6.04 Å². The molecule has 1 fully saturated rings. The lowest BCUT2D eigenvalue weighted by Gasteiger charge is -2.34. The number of anilines is 2. The van der Waals surface area contributed by atoms with Crippen LogP contribution in [0.1, 0.15) is 6.92 Å². The van der Waals surface area contributed by atoms with E-state index in [2.05, 4.69) is 10.3 Å². The summed E-state index contributed by atoms with van der Waals surface area (Å²) in [5, 5.41) is 3.15. The molecule has 6 nitrogen and oxygen atoms in total. The zero-order chi connectivity index (χ0) is 13.0. The number of nitrogens with zero attached hydrogens (tertiary/aromatic N) is 2. The number of rotatable bonds is 4. The molecule has 2 heterocycles. The number of primary amides is 1. The van der Waals surface area contributed by atoms with Gasteiger partial charge in [0, 0.05) is 13.1 Å². The molecule has 1 aliphatic heterocycles. The summed E-state index contributed by atoms with van der Waals surface area (Å²) in [7, 11) is 0. The third-order valence-corrected chi connectivity index (χ3v) is 2.84. The lowest BCUT2D eigenvalue weighted by molar-refractivity contribution is -0.121. The van der Waals surface area contributed by atoms with E-state index in [0.717, 1.165) is 18.2 Å². The lowest BCUT2D eigenvalue weighted by atomic mass is 10.2. The Kier molecular flexibility index (Phi) is 3.99. The first-order valence-corrected chi connectivity index (χ1v) is 6.07. The Bertz CT molecular complexity index is 424. The van der Waals surface area contributed by atoms with Crippen LogP contribution in [0.25, 0.3) is 0 Å². The zero-order valence-electron chi connectivity index (χ0n) is 10.4. The van der Waals surface area contributed by atoms with Gasteiger partial charge in [-0.25, -0.2) is 4.98 Å². The third kappa shape index (κ3) is 2.70. The zero-order valence-corrected chi connectivity index (χ0v) is 10.4. The van der Waals surface area contributed by atoms with E-state index in [0.29, 0.717) is 19.8 Å². The summed E-state index contributed by atoms with van der Waals surface area (Å²) >= 11 is 0. The van der Waals surface area contributed by atoms with Gasteiger partial charge in [0.25, 0.3) is 0 Å². The van der Waals surface area contributed by atoms with Gasteiger partial charge in [-0.05, 0) is 19.1 Å². The lowest BCUT2D eigenvalue weighted by Crippen LogP contribution is -2.53. The molecule has 3 N–H and O–H groups in total. The molecule has 1 aromatic heterocycles. The molecule has 0 aromatic carbocycles. The van der Waals surface area contributed by atoms with Crippen molar-refractivity contribution in [1.29, 1.82) is 0 Å². The quantitative estimate of drug-likeness (QED) is 0.798. The smallest absolute Gasteiger partial charge is 0.242 e. The molecule has 2 rings (SSSR count). The number of carbonyl (C=O) groups is 1. The second kappa shape index (κ2) is 5.68. The van der Waals surface area contributed by atoms with Crippen molar-refractivity contribution in [3.63, 3.8) is 0 Å². The SMILES string of the molecule is CCNc1cccc(N2CCOCC2C(N)=O)n1. The summed E-state index contributed by atoms with van der Waals surface area (Å²) in [5.41, 5.74) is 5.39. The van der Waals surface area contributed by atoms with Gasteiger partial charge in [-0.15, -0.1) is 0 Å². The molecule has 1 atom stereocenters. The second-order valence-corrected chi connectivity index (χ2v) is 4.10. The molecule has 1 aliphatic rings. The Labute approximate surface area is 106 Å². The average molecular weight is 250 g/mol. The van der Waals surface area contributed by atoms with Crippen LogP contribution in [-0.2, 0) is 9.53 Å². The number of nitrogens with one attached hydrogen (secondary N) is 1. The van der Waals surface area contributed by atoms with Crippen LogP contribution in [0.15, 0.2) is 18.2 Å². The van der Waals surface area contributed by atoms with E-state index in [-0.39, 0.29) is 5.91 Å². The van der Waals surface area contributed by atoms with Crippen LogP contribution in [-0.4, -0.2) is 43.2 Å². The van der Waals surface area contributed by atoms with Gasteiger partial charge in [-0.3, -0.25) is 4.79 Å². The summed E-state index contributed by atoms with van der Waals surface area (Å²) < 4.78 is 5.29. The highest BCUT2D eigenvalue weighted by atomic mass is 16.5. The fourth-order valence-electron chi connectivity index (χ4n) is 1.98. The minimum Gasteiger partial charge on any atom is -0.377 e. The first kappa shape index (κ1) is 12.6. The Morgan fingerprint density at radius 2 is 2.50 bits per heavy atom. The topological polar surface area (TPSA) is 80.5 Å². The predicted molar refractivity (Wildman–Crippen MR) is 69.5 cm³/mol. The second-order valence-electron chi connectivity index (χ2n) is 4.10. The highest BCUT2D eigenvalue weighted by Gasteiger charge is 2.28. The molecule has 18 heavy (non-hydrogen) atoms. The number of pyridine rings is 1. The molecule has 0 bridgehead atoms. The monoisotopic (exact) mass is 250 g/mol. The van der Waals surface area contributed by atoms with Crippen LogP contribution in [0.3, 0.4) is 0 Å². The van der Waals surface area contributed by atoms with Gasteiger partial charge in [0.2, 0.25) is 5.91 Å². The fourth-order valence-corrected chi connectivity index (χ4v) is 1.98. The maximum absolute atomic E-state index is 11.4. The van der Waals surface area contributed by atoms with Crippen molar-refractivity contribution >= 4 is 17.5 Å².